The van der Waals surface area contributed by atoms with Crippen LogP contribution >= 0.6 is 0 Å². The Morgan fingerprint density at radius 1 is 1.36 bits per heavy atom. The van der Waals surface area contributed by atoms with Gasteiger partial charge in [-0.1, -0.05) is 43.3 Å². The van der Waals surface area contributed by atoms with Crippen LogP contribution in [0.25, 0.3) is 11.4 Å². The van der Waals surface area contributed by atoms with Crippen molar-refractivity contribution in [2.24, 2.45) is 0 Å². The summed E-state index contributed by atoms with van der Waals surface area (Å²) in [6, 6.07) is 8.12. The van der Waals surface area contributed by atoms with Crippen LogP contribution in [0.15, 0.2) is 28.8 Å². The number of aliphatic hydroxyl groups is 1. The quantitative estimate of drug-likeness (QED) is 0.903. The Balaban J connectivity index is 1.57. The molecule has 1 saturated heterocycles. The van der Waals surface area contributed by atoms with Gasteiger partial charge in [0.25, 0.3) is 0 Å². The van der Waals surface area contributed by atoms with Gasteiger partial charge in [0, 0.05) is 31.5 Å². The zero-order valence-electron chi connectivity index (χ0n) is 14.8. The third-order valence-corrected chi connectivity index (χ3v) is 4.61. The molecule has 0 bridgehead atoms. The van der Waals surface area contributed by atoms with Crippen molar-refractivity contribution in [3.05, 3.63) is 35.7 Å². The number of aliphatic hydroxyl groups excluding tert-OH is 1. The molecule has 6 nitrogen and oxygen atoms in total. The van der Waals surface area contributed by atoms with Gasteiger partial charge >= 0.3 is 0 Å². The first kappa shape index (κ1) is 17.6. The zero-order chi connectivity index (χ0) is 17.8. The molecular weight excluding hydrogens is 318 g/mol. The molecule has 2 heterocycles. The van der Waals surface area contributed by atoms with Crippen LogP contribution in [0.1, 0.15) is 50.5 Å². The summed E-state index contributed by atoms with van der Waals surface area (Å²) in [7, 11) is 0. The molecule has 1 amide bonds. The third-order valence-electron chi connectivity index (χ3n) is 4.61. The van der Waals surface area contributed by atoms with Gasteiger partial charge in [-0.2, -0.15) is 4.98 Å². The molecule has 1 atom stereocenters. The fourth-order valence-electron chi connectivity index (χ4n) is 3.04. The van der Waals surface area contributed by atoms with Crippen molar-refractivity contribution in [3.8, 4) is 11.4 Å². The first-order valence-electron chi connectivity index (χ1n) is 8.91. The smallest absolute Gasteiger partial charge is 0.227 e. The highest BCUT2D eigenvalue weighted by Gasteiger charge is 2.22. The average molecular weight is 343 g/mol. The first-order chi connectivity index (χ1) is 12.0. The van der Waals surface area contributed by atoms with Crippen LogP contribution in [0.3, 0.4) is 0 Å². The second kappa shape index (κ2) is 7.78. The SMILES string of the molecule is CC(C)c1ccc(-c2noc(CCC(=O)N3CCCC(O)C3)n2)cc1. The molecule has 1 unspecified atom stereocenters. The lowest BCUT2D eigenvalue weighted by atomic mass is 10.0. The van der Waals surface area contributed by atoms with Crippen LogP contribution in [0.5, 0.6) is 0 Å². The van der Waals surface area contributed by atoms with Gasteiger partial charge in [-0.15, -0.1) is 0 Å². The van der Waals surface area contributed by atoms with Gasteiger partial charge in [-0.05, 0) is 24.3 Å². The number of amides is 1. The van der Waals surface area contributed by atoms with Gasteiger partial charge in [0.15, 0.2) is 0 Å². The lowest BCUT2D eigenvalue weighted by Gasteiger charge is -2.30. The minimum Gasteiger partial charge on any atom is -0.391 e. The highest BCUT2D eigenvalue weighted by atomic mass is 16.5. The van der Waals surface area contributed by atoms with Gasteiger partial charge in [0.05, 0.1) is 6.10 Å². The van der Waals surface area contributed by atoms with Crippen LogP contribution in [0, 0.1) is 0 Å². The lowest BCUT2D eigenvalue weighted by molar-refractivity contribution is -0.134. The number of likely N-dealkylation sites (tertiary alicyclic amines) is 1. The van der Waals surface area contributed by atoms with Crippen molar-refractivity contribution >= 4 is 5.91 Å². The van der Waals surface area contributed by atoms with Crippen molar-refractivity contribution < 1.29 is 14.4 Å². The normalized spacial score (nSPS) is 17.9. The highest BCUT2D eigenvalue weighted by Crippen LogP contribution is 2.21. The summed E-state index contributed by atoms with van der Waals surface area (Å²) in [5.41, 5.74) is 2.17. The number of carbonyl (C=O) groups excluding carboxylic acids is 1. The molecule has 6 heteroatoms. The minimum atomic E-state index is -0.401. The fourth-order valence-corrected chi connectivity index (χ4v) is 3.04. The van der Waals surface area contributed by atoms with Crippen LogP contribution in [-0.2, 0) is 11.2 Å². The number of aromatic nitrogens is 2. The molecule has 1 fully saturated rings. The number of nitrogens with zero attached hydrogens (tertiary/aromatic N) is 3. The molecule has 0 aliphatic carbocycles. The Hall–Kier alpha value is -2.21. The topological polar surface area (TPSA) is 79.5 Å². The molecule has 1 N–H and O–H groups in total. The second-order valence-corrected chi connectivity index (χ2v) is 6.92. The highest BCUT2D eigenvalue weighted by molar-refractivity contribution is 5.76. The van der Waals surface area contributed by atoms with E-state index < -0.39 is 6.10 Å². The number of carbonyl (C=O) groups is 1. The molecule has 134 valence electrons. The van der Waals surface area contributed by atoms with E-state index >= 15 is 0 Å². The van der Waals surface area contributed by atoms with Crippen molar-refractivity contribution in [3.63, 3.8) is 0 Å². The first-order valence-corrected chi connectivity index (χ1v) is 8.91. The lowest BCUT2D eigenvalue weighted by Crippen LogP contribution is -2.42. The summed E-state index contributed by atoms with van der Waals surface area (Å²) in [5.74, 6) is 1.52. The molecule has 0 radical (unpaired) electrons. The standard InChI is InChI=1S/C19H25N3O3/c1-13(2)14-5-7-15(8-6-14)19-20-17(25-21-19)9-10-18(24)22-11-3-4-16(23)12-22/h5-8,13,16,23H,3-4,9-12H2,1-2H3. The van der Waals surface area contributed by atoms with Crippen molar-refractivity contribution in [2.75, 3.05) is 13.1 Å². The number of β-amino-alcohol motifs (C(OH)–C–C–N with tert-alkyl or cyclic N) is 1. The maximum Gasteiger partial charge on any atom is 0.227 e. The van der Waals surface area contributed by atoms with E-state index in [2.05, 4.69) is 36.1 Å². The van der Waals surface area contributed by atoms with E-state index in [9.17, 15) is 9.90 Å². The van der Waals surface area contributed by atoms with Crippen molar-refractivity contribution in [1.29, 1.82) is 0 Å². The third kappa shape index (κ3) is 4.45. The maximum absolute atomic E-state index is 12.2. The summed E-state index contributed by atoms with van der Waals surface area (Å²) < 4.78 is 5.27. The molecule has 0 saturated carbocycles. The minimum absolute atomic E-state index is 0.0276. The summed E-state index contributed by atoms with van der Waals surface area (Å²) in [6.07, 6.45) is 1.96. The van der Waals surface area contributed by atoms with Gasteiger partial charge in [0.1, 0.15) is 0 Å². The Morgan fingerprint density at radius 3 is 2.80 bits per heavy atom. The Bertz CT molecular complexity index is 709. The monoisotopic (exact) mass is 343 g/mol. The van der Waals surface area contributed by atoms with Gasteiger partial charge in [0.2, 0.25) is 17.6 Å². The van der Waals surface area contributed by atoms with Gasteiger partial charge in [-0.25, -0.2) is 0 Å². The molecule has 0 spiro atoms. The second-order valence-electron chi connectivity index (χ2n) is 6.92. The van der Waals surface area contributed by atoms with Crippen molar-refractivity contribution in [1.82, 2.24) is 15.0 Å². The number of benzene rings is 1. The van der Waals surface area contributed by atoms with Crippen LogP contribution in [-0.4, -0.2) is 45.2 Å². The average Bonchev–Trinajstić information content (AvgIpc) is 3.08. The number of rotatable bonds is 5. The number of hydrogen-bond acceptors (Lipinski definition) is 5. The van der Waals surface area contributed by atoms with E-state index in [0.717, 1.165) is 18.4 Å². The van der Waals surface area contributed by atoms with E-state index in [1.54, 1.807) is 4.90 Å². The summed E-state index contributed by atoms with van der Waals surface area (Å²) in [4.78, 5) is 18.3. The molecular formula is C19H25N3O3. The molecule has 3 rings (SSSR count). The Kier molecular flexibility index (Phi) is 5.48. The largest absolute Gasteiger partial charge is 0.391 e. The fraction of sp³-hybridized carbons (Fsp3) is 0.526. The number of piperidine rings is 1. The van der Waals surface area contributed by atoms with Crippen LogP contribution in [0.2, 0.25) is 0 Å². The molecule has 1 aliphatic heterocycles. The van der Waals surface area contributed by atoms with Crippen LogP contribution < -0.4 is 0 Å². The number of hydrogen-bond donors (Lipinski definition) is 1. The molecule has 1 aromatic carbocycles. The van der Waals surface area contributed by atoms with E-state index in [1.165, 1.54) is 5.56 Å². The van der Waals surface area contributed by atoms with Gasteiger partial charge < -0.3 is 14.5 Å². The van der Waals surface area contributed by atoms with E-state index in [1.807, 2.05) is 12.1 Å². The summed E-state index contributed by atoms with van der Waals surface area (Å²) in [5, 5.41) is 13.7. The predicted molar refractivity (Wildman–Crippen MR) is 94.0 cm³/mol. The predicted octanol–water partition coefficient (Wildman–Crippen LogP) is 2.78. The van der Waals surface area contributed by atoms with Crippen molar-refractivity contribution in [2.45, 2.75) is 51.6 Å². The van der Waals surface area contributed by atoms with E-state index in [-0.39, 0.29) is 5.91 Å². The molecule has 2 aromatic rings. The van der Waals surface area contributed by atoms with E-state index in [0.29, 0.717) is 43.6 Å². The molecule has 1 aliphatic rings. The van der Waals surface area contributed by atoms with Crippen LogP contribution in [0.4, 0.5) is 0 Å². The summed E-state index contributed by atoms with van der Waals surface area (Å²) >= 11 is 0. The summed E-state index contributed by atoms with van der Waals surface area (Å²) in [6.45, 7) is 5.45. The Morgan fingerprint density at radius 2 is 2.12 bits per heavy atom. The number of aryl methyl sites for hydroxylation is 1. The Labute approximate surface area is 147 Å². The molecule has 1 aromatic heterocycles. The maximum atomic E-state index is 12.2. The van der Waals surface area contributed by atoms with E-state index in [4.69, 9.17) is 4.52 Å². The van der Waals surface area contributed by atoms with Gasteiger partial charge in [-0.3, -0.25) is 4.79 Å². The molecule has 25 heavy (non-hydrogen) atoms. The zero-order valence-corrected chi connectivity index (χ0v) is 14.8.